The molecule has 3 nitrogen and oxygen atoms in total. The Kier molecular flexibility index (Phi) is 2.60. The minimum Gasteiger partial charge on any atom is -0.480 e. The van der Waals surface area contributed by atoms with Crippen LogP contribution in [0.3, 0.4) is 0 Å². The lowest BCUT2D eigenvalue weighted by atomic mass is 10.3. The number of methoxy groups -OCH3 is 1. The molecule has 6 heteroatoms. The molecule has 1 heterocycles. The number of aromatic amines is 1. The minimum absolute atomic E-state index is 0.450. The van der Waals surface area contributed by atoms with Gasteiger partial charge in [-0.15, -0.1) is 0 Å². The third-order valence-electron chi connectivity index (χ3n) is 1.46. The highest BCUT2D eigenvalue weighted by Gasteiger charge is 2.17. The average molecular weight is 193 g/mol. The molecule has 1 rings (SSSR count). The third-order valence-corrected chi connectivity index (χ3v) is 1.46. The molecule has 0 saturated carbocycles. The van der Waals surface area contributed by atoms with Crippen molar-refractivity contribution in [2.45, 2.75) is 6.43 Å². The van der Waals surface area contributed by atoms with Gasteiger partial charge in [-0.25, -0.2) is 8.78 Å². The smallest absolute Gasteiger partial charge is 0.269 e. The number of H-pyrrole nitrogens is 1. The van der Waals surface area contributed by atoms with Crippen LogP contribution in [0.2, 0.25) is 0 Å². The molecule has 0 saturated heterocycles. The monoisotopic (exact) mass is 193 g/mol. The van der Waals surface area contributed by atoms with E-state index in [1.165, 1.54) is 0 Å². The first-order chi connectivity index (χ1) is 6.07. The van der Waals surface area contributed by atoms with Crippen LogP contribution in [0.25, 0.3) is 0 Å². The Balaban J connectivity index is 3.32. The molecule has 0 fully saturated rings. The summed E-state index contributed by atoms with van der Waals surface area (Å²) < 4.78 is 41.2. The van der Waals surface area contributed by atoms with Gasteiger partial charge in [-0.05, 0) is 0 Å². The number of pyridine rings is 1. The number of nitrogens with one attached hydrogen (secondary N) is 1. The van der Waals surface area contributed by atoms with Crippen molar-refractivity contribution in [3.05, 3.63) is 27.8 Å². The Morgan fingerprint density at radius 3 is 2.62 bits per heavy atom. The van der Waals surface area contributed by atoms with Gasteiger partial charge in [0, 0.05) is 6.20 Å². The summed E-state index contributed by atoms with van der Waals surface area (Å²) in [4.78, 5) is 12.9. The number of rotatable bonds is 2. The number of aromatic nitrogens is 1. The Hall–Kier alpha value is -1.46. The number of hydrogen-bond acceptors (Lipinski definition) is 2. The second kappa shape index (κ2) is 3.51. The second-order valence-electron chi connectivity index (χ2n) is 2.22. The standard InChI is InChI=1S/C7H6F3NO2/c1-13-7-4(8)5(12)3(2-11-7)6(9)10/h2,6H,1H3,(H,11,12). The maximum absolute atomic E-state index is 12.8. The van der Waals surface area contributed by atoms with Gasteiger partial charge in [0.25, 0.3) is 6.43 Å². The second-order valence-corrected chi connectivity index (χ2v) is 2.22. The fourth-order valence-electron chi connectivity index (χ4n) is 0.813. The molecular weight excluding hydrogens is 187 g/mol. The summed E-state index contributed by atoms with van der Waals surface area (Å²) in [6, 6.07) is 0. The fraction of sp³-hybridized carbons (Fsp3) is 0.286. The molecule has 0 aliphatic rings. The van der Waals surface area contributed by atoms with Crippen LogP contribution in [0, 0.1) is 5.82 Å². The fourth-order valence-corrected chi connectivity index (χ4v) is 0.813. The van der Waals surface area contributed by atoms with Gasteiger partial charge in [0.15, 0.2) is 0 Å². The van der Waals surface area contributed by atoms with E-state index in [9.17, 15) is 18.0 Å². The van der Waals surface area contributed by atoms with Gasteiger partial charge in [0.05, 0.1) is 12.7 Å². The van der Waals surface area contributed by atoms with Gasteiger partial charge < -0.3 is 9.72 Å². The summed E-state index contributed by atoms with van der Waals surface area (Å²) in [5.74, 6) is -1.78. The third kappa shape index (κ3) is 1.66. The molecule has 0 atom stereocenters. The Morgan fingerprint density at radius 2 is 2.15 bits per heavy atom. The molecule has 1 N–H and O–H groups in total. The lowest BCUT2D eigenvalue weighted by molar-refractivity contribution is 0.148. The summed E-state index contributed by atoms with van der Waals surface area (Å²) in [5, 5.41) is 0. The summed E-state index contributed by atoms with van der Waals surface area (Å²) in [6.07, 6.45) is -2.27. The molecule has 0 aromatic carbocycles. The molecule has 0 unspecified atom stereocenters. The van der Waals surface area contributed by atoms with Crippen molar-refractivity contribution >= 4 is 0 Å². The van der Waals surface area contributed by atoms with Crippen molar-refractivity contribution < 1.29 is 17.9 Å². The summed E-state index contributed by atoms with van der Waals surface area (Å²) in [5.41, 5.74) is -2.25. The van der Waals surface area contributed by atoms with Crippen molar-refractivity contribution in [1.82, 2.24) is 4.98 Å². The van der Waals surface area contributed by atoms with Crippen LogP contribution in [0.1, 0.15) is 12.0 Å². The summed E-state index contributed by atoms with van der Waals surface area (Å²) in [7, 11) is 1.12. The first-order valence-corrected chi connectivity index (χ1v) is 3.31. The van der Waals surface area contributed by atoms with Gasteiger partial charge in [-0.3, -0.25) is 4.79 Å². The van der Waals surface area contributed by atoms with E-state index < -0.39 is 29.1 Å². The molecule has 0 aliphatic carbocycles. The molecule has 0 spiro atoms. The molecule has 0 amide bonds. The zero-order valence-corrected chi connectivity index (χ0v) is 6.61. The first-order valence-electron chi connectivity index (χ1n) is 3.31. The van der Waals surface area contributed by atoms with Crippen LogP contribution < -0.4 is 10.2 Å². The molecular formula is C7H6F3NO2. The number of halogens is 3. The Morgan fingerprint density at radius 1 is 1.54 bits per heavy atom. The largest absolute Gasteiger partial charge is 0.480 e. The Bertz CT molecular complexity index is 361. The minimum atomic E-state index is -3.00. The predicted octanol–water partition coefficient (Wildman–Crippen LogP) is 1.46. The van der Waals surface area contributed by atoms with Crippen LogP contribution in [0.5, 0.6) is 5.88 Å². The van der Waals surface area contributed by atoms with Crippen molar-refractivity contribution in [2.75, 3.05) is 7.11 Å². The maximum Gasteiger partial charge on any atom is 0.269 e. The van der Waals surface area contributed by atoms with Crippen LogP contribution in [-0.2, 0) is 0 Å². The molecule has 13 heavy (non-hydrogen) atoms. The van der Waals surface area contributed by atoms with E-state index in [1.54, 1.807) is 0 Å². The van der Waals surface area contributed by atoms with E-state index in [-0.39, 0.29) is 0 Å². The van der Waals surface area contributed by atoms with Gasteiger partial charge in [0.1, 0.15) is 0 Å². The van der Waals surface area contributed by atoms with Crippen molar-refractivity contribution in [1.29, 1.82) is 0 Å². The highest BCUT2D eigenvalue weighted by atomic mass is 19.3. The molecule has 0 radical (unpaired) electrons. The molecule has 72 valence electrons. The normalized spacial score (nSPS) is 10.5. The topological polar surface area (TPSA) is 42.1 Å². The zero-order valence-electron chi connectivity index (χ0n) is 6.61. The van der Waals surface area contributed by atoms with Crippen LogP contribution >= 0.6 is 0 Å². The molecule has 0 bridgehead atoms. The Labute approximate surface area is 71.2 Å². The van der Waals surface area contributed by atoms with E-state index in [0.717, 1.165) is 13.3 Å². The molecule has 1 aromatic heterocycles. The van der Waals surface area contributed by atoms with Crippen molar-refractivity contribution in [3.8, 4) is 5.88 Å². The van der Waals surface area contributed by atoms with E-state index in [0.29, 0.717) is 0 Å². The van der Waals surface area contributed by atoms with Crippen LogP contribution in [0.4, 0.5) is 13.2 Å². The van der Waals surface area contributed by atoms with Gasteiger partial charge in [-0.1, -0.05) is 0 Å². The van der Waals surface area contributed by atoms with E-state index >= 15 is 0 Å². The highest BCUT2D eigenvalue weighted by Crippen LogP contribution is 2.17. The van der Waals surface area contributed by atoms with Gasteiger partial charge in [0.2, 0.25) is 17.1 Å². The molecule has 0 aliphatic heterocycles. The van der Waals surface area contributed by atoms with Crippen LogP contribution in [-0.4, -0.2) is 12.1 Å². The summed E-state index contributed by atoms with van der Waals surface area (Å²) in [6.45, 7) is 0. The number of ether oxygens (including phenoxy) is 1. The number of hydrogen-bond donors (Lipinski definition) is 1. The van der Waals surface area contributed by atoms with Gasteiger partial charge in [-0.2, -0.15) is 4.39 Å². The maximum atomic E-state index is 12.8. The van der Waals surface area contributed by atoms with Crippen LogP contribution in [0.15, 0.2) is 11.0 Å². The summed E-state index contributed by atoms with van der Waals surface area (Å²) >= 11 is 0. The molecule has 1 aromatic rings. The van der Waals surface area contributed by atoms with E-state index in [2.05, 4.69) is 9.72 Å². The van der Waals surface area contributed by atoms with E-state index in [4.69, 9.17) is 0 Å². The average Bonchev–Trinajstić information content (AvgIpc) is 2.09. The zero-order chi connectivity index (χ0) is 10.0. The number of alkyl halides is 2. The van der Waals surface area contributed by atoms with E-state index in [1.807, 2.05) is 0 Å². The first kappa shape index (κ1) is 9.63. The van der Waals surface area contributed by atoms with Crippen molar-refractivity contribution in [2.24, 2.45) is 0 Å². The highest BCUT2D eigenvalue weighted by molar-refractivity contribution is 5.21. The quantitative estimate of drug-likeness (QED) is 0.772. The van der Waals surface area contributed by atoms with Gasteiger partial charge >= 0.3 is 0 Å². The lowest BCUT2D eigenvalue weighted by Crippen LogP contribution is -2.15. The van der Waals surface area contributed by atoms with Crippen molar-refractivity contribution in [3.63, 3.8) is 0 Å². The lowest BCUT2D eigenvalue weighted by Gasteiger charge is -2.02. The SMILES string of the molecule is COc1[nH]cc(C(F)F)c(=O)c1F. The predicted molar refractivity (Wildman–Crippen MR) is 38.5 cm³/mol.